The molecule has 0 saturated carbocycles. The number of hydrogen-bond acceptors (Lipinski definition) is 5. The molecule has 0 radical (unpaired) electrons. The third kappa shape index (κ3) is 6.12. The molecule has 0 bridgehead atoms. The molecule has 1 aromatic heterocycles. The van der Waals surface area contributed by atoms with Gasteiger partial charge in [-0.05, 0) is 38.0 Å². The highest BCUT2D eigenvalue weighted by Crippen LogP contribution is 2.25. The fraction of sp³-hybridized carbons (Fsp3) is 0.400. The van der Waals surface area contributed by atoms with Gasteiger partial charge >= 0.3 is 6.03 Å². The maximum Gasteiger partial charge on any atom is 0.323 e. The molecule has 1 saturated heterocycles. The van der Waals surface area contributed by atoms with Gasteiger partial charge in [0.2, 0.25) is 0 Å². The van der Waals surface area contributed by atoms with Crippen LogP contribution in [-0.4, -0.2) is 61.3 Å². The number of rotatable bonds is 6. The zero-order valence-corrected chi connectivity index (χ0v) is 18.4. The predicted octanol–water partition coefficient (Wildman–Crippen LogP) is 2.82. The van der Waals surface area contributed by atoms with Crippen LogP contribution in [0.3, 0.4) is 0 Å². The van der Waals surface area contributed by atoms with Gasteiger partial charge in [0.25, 0.3) is 10.2 Å². The quantitative estimate of drug-likeness (QED) is 0.703. The van der Waals surface area contributed by atoms with Crippen molar-refractivity contribution in [1.29, 1.82) is 0 Å². The molecule has 1 aromatic carbocycles. The number of benzene rings is 1. The van der Waals surface area contributed by atoms with E-state index in [2.05, 4.69) is 15.6 Å². The number of carbonyl (C=O) groups is 1. The van der Waals surface area contributed by atoms with Crippen molar-refractivity contribution in [2.75, 3.05) is 37.8 Å². The predicted molar refractivity (Wildman–Crippen MR) is 116 cm³/mol. The van der Waals surface area contributed by atoms with Crippen LogP contribution < -0.4 is 15.4 Å². The number of ether oxygens (including phenoxy) is 1. The number of nitrogens with one attached hydrogen (secondary N) is 2. The Morgan fingerprint density at radius 1 is 1.23 bits per heavy atom. The van der Waals surface area contributed by atoms with Gasteiger partial charge < -0.3 is 15.4 Å². The highest BCUT2D eigenvalue weighted by molar-refractivity contribution is 7.86. The molecule has 3 rings (SSSR count). The summed E-state index contributed by atoms with van der Waals surface area (Å²) in [6.45, 7) is 2.41. The second-order valence-electron chi connectivity index (χ2n) is 7.47. The van der Waals surface area contributed by atoms with Crippen molar-refractivity contribution in [1.82, 2.24) is 13.6 Å². The summed E-state index contributed by atoms with van der Waals surface area (Å²) in [6, 6.07) is 6.78. The molecule has 2 amide bonds. The third-order valence-corrected chi connectivity index (χ3v) is 6.64. The summed E-state index contributed by atoms with van der Waals surface area (Å²) in [5.74, 6) is -0.375. The molecule has 1 fully saturated rings. The molecule has 0 unspecified atom stereocenters. The van der Waals surface area contributed by atoms with Crippen molar-refractivity contribution in [2.24, 2.45) is 0 Å². The molecule has 2 aromatic rings. The molecule has 1 aliphatic heterocycles. The first kappa shape index (κ1) is 22.9. The molecule has 0 spiro atoms. The fourth-order valence-electron chi connectivity index (χ4n) is 3.17. The minimum Gasteiger partial charge on any atom is -0.489 e. The largest absolute Gasteiger partial charge is 0.489 e. The van der Waals surface area contributed by atoms with E-state index >= 15 is 0 Å². The van der Waals surface area contributed by atoms with Crippen LogP contribution in [0.15, 0.2) is 36.5 Å². The molecule has 9 nitrogen and oxygen atoms in total. The maximum absolute atomic E-state index is 14.1. The van der Waals surface area contributed by atoms with Crippen LogP contribution >= 0.6 is 0 Å². The minimum atomic E-state index is -3.55. The number of aryl methyl sites for hydroxylation is 1. The zero-order chi connectivity index (χ0) is 22.6. The van der Waals surface area contributed by atoms with Crippen molar-refractivity contribution in [3.63, 3.8) is 0 Å². The minimum absolute atomic E-state index is 0.167. The van der Waals surface area contributed by atoms with E-state index in [0.717, 1.165) is 10.00 Å². The summed E-state index contributed by atoms with van der Waals surface area (Å²) in [4.78, 5) is 16.3. The van der Waals surface area contributed by atoms with Crippen LogP contribution in [-0.2, 0) is 10.2 Å². The van der Waals surface area contributed by atoms with E-state index in [-0.39, 0.29) is 18.0 Å². The Kier molecular flexibility index (Phi) is 7.08. The number of pyridine rings is 1. The van der Waals surface area contributed by atoms with E-state index in [0.29, 0.717) is 25.1 Å². The maximum atomic E-state index is 14.1. The van der Waals surface area contributed by atoms with Crippen molar-refractivity contribution in [3.05, 3.63) is 48.0 Å². The lowest BCUT2D eigenvalue weighted by Gasteiger charge is -2.33. The molecular formula is C20H26FN5O4S. The lowest BCUT2D eigenvalue weighted by molar-refractivity contribution is 0.127. The van der Waals surface area contributed by atoms with Crippen LogP contribution in [0.5, 0.6) is 5.75 Å². The van der Waals surface area contributed by atoms with E-state index in [1.165, 1.54) is 42.8 Å². The number of aromatic nitrogens is 1. The van der Waals surface area contributed by atoms with E-state index in [1.807, 2.05) is 6.92 Å². The Morgan fingerprint density at radius 2 is 1.97 bits per heavy atom. The Balaban J connectivity index is 1.65. The molecule has 1 aliphatic rings. The van der Waals surface area contributed by atoms with Crippen molar-refractivity contribution in [3.8, 4) is 5.75 Å². The molecule has 168 valence electrons. The Labute approximate surface area is 181 Å². The number of anilines is 2. The number of halogens is 1. The van der Waals surface area contributed by atoms with Crippen LogP contribution in [0.4, 0.5) is 20.6 Å². The summed E-state index contributed by atoms with van der Waals surface area (Å²) < 4.78 is 47.2. The van der Waals surface area contributed by atoms with Gasteiger partial charge in [-0.15, -0.1) is 0 Å². The van der Waals surface area contributed by atoms with E-state index in [4.69, 9.17) is 4.74 Å². The first-order valence-electron chi connectivity index (χ1n) is 9.79. The summed E-state index contributed by atoms with van der Waals surface area (Å²) in [6.07, 6.45) is 2.36. The van der Waals surface area contributed by atoms with Gasteiger partial charge in [-0.2, -0.15) is 17.0 Å². The average molecular weight is 452 g/mol. The molecule has 2 N–H and O–H groups in total. The van der Waals surface area contributed by atoms with E-state index in [1.54, 1.807) is 12.1 Å². The van der Waals surface area contributed by atoms with Gasteiger partial charge in [0, 0.05) is 44.2 Å². The second-order valence-corrected chi connectivity index (χ2v) is 9.62. The smallest absolute Gasteiger partial charge is 0.323 e. The number of urea groups is 1. The van der Waals surface area contributed by atoms with Gasteiger partial charge in [-0.25, -0.2) is 9.18 Å². The standard InChI is InChI=1S/C20H26FN5O4S/c1-14-6-7-16(12-22-14)23-20(27)24-17-9-15(21)10-19(11-17)30-18-5-4-8-26(13-18)31(28,29)25(2)3/h6-7,9-12,18H,4-5,8,13H2,1-3H3,(H2,23,24,27)/t18-/m0/s1. The lowest BCUT2D eigenvalue weighted by Crippen LogP contribution is -2.48. The first-order chi connectivity index (χ1) is 14.6. The topological polar surface area (TPSA) is 104 Å². The monoisotopic (exact) mass is 451 g/mol. The van der Waals surface area contributed by atoms with Gasteiger partial charge in [0.05, 0.1) is 18.4 Å². The summed E-state index contributed by atoms with van der Waals surface area (Å²) >= 11 is 0. The number of piperidine rings is 1. The van der Waals surface area contributed by atoms with Gasteiger partial charge in [-0.1, -0.05) is 0 Å². The van der Waals surface area contributed by atoms with Crippen molar-refractivity contribution < 1.29 is 22.3 Å². The average Bonchev–Trinajstić information content (AvgIpc) is 2.69. The summed E-state index contributed by atoms with van der Waals surface area (Å²) in [7, 11) is -0.599. The number of amides is 2. The third-order valence-electron chi connectivity index (χ3n) is 4.73. The van der Waals surface area contributed by atoms with Crippen LogP contribution in [0.1, 0.15) is 18.5 Å². The second kappa shape index (κ2) is 9.58. The Bertz CT molecular complexity index is 1030. The molecule has 1 atom stereocenters. The number of hydrogen-bond donors (Lipinski definition) is 2. The molecular weight excluding hydrogens is 425 g/mol. The SMILES string of the molecule is Cc1ccc(NC(=O)Nc2cc(F)cc(O[C@H]3CCCN(S(=O)(=O)N(C)C)C3)c2)cn1. The van der Waals surface area contributed by atoms with Crippen LogP contribution in [0, 0.1) is 12.7 Å². The van der Waals surface area contributed by atoms with Gasteiger partial charge in [-0.3, -0.25) is 4.98 Å². The summed E-state index contributed by atoms with van der Waals surface area (Å²) in [5, 5.41) is 5.18. The number of nitrogens with zero attached hydrogens (tertiary/aromatic N) is 3. The normalized spacial score (nSPS) is 17.4. The Hall–Kier alpha value is -2.76. The number of carbonyl (C=O) groups excluding carboxylic acids is 1. The zero-order valence-electron chi connectivity index (χ0n) is 17.6. The van der Waals surface area contributed by atoms with E-state index in [9.17, 15) is 17.6 Å². The molecule has 2 heterocycles. The lowest BCUT2D eigenvalue weighted by atomic mass is 10.1. The van der Waals surface area contributed by atoms with Crippen molar-refractivity contribution >= 4 is 27.6 Å². The molecule has 11 heteroatoms. The van der Waals surface area contributed by atoms with Crippen LogP contribution in [0.2, 0.25) is 0 Å². The first-order valence-corrected chi connectivity index (χ1v) is 11.2. The molecule has 31 heavy (non-hydrogen) atoms. The van der Waals surface area contributed by atoms with Crippen LogP contribution in [0.25, 0.3) is 0 Å². The van der Waals surface area contributed by atoms with Gasteiger partial charge in [0.15, 0.2) is 0 Å². The fourth-order valence-corrected chi connectivity index (χ4v) is 4.35. The van der Waals surface area contributed by atoms with Crippen molar-refractivity contribution in [2.45, 2.75) is 25.9 Å². The highest BCUT2D eigenvalue weighted by Gasteiger charge is 2.31. The summed E-state index contributed by atoms with van der Waals surface area (Å²) in [5.41, 5.74) is 1.53. The van der Waals surface area contributed by atoms with E-state index < -0.39 is 28.2 Å². The Morgan fingerprint density at radius 3 is 2.65 bits per heavy atom. The molecule has 0 aliphatic carbocycles. The highest BCUT2D eigenvalue weighted by atomic mass is 32.2. The van der Waals surface area contributed by atoms with Gasteiger partial charge in [0.1, 0.15) is 17.7 Å².